The number of carbonyl (C=O) groups is 2. The van der Waals surface area contributed by atoms with E-state index in [0.717, 1.165) is 18.4 Å². The van der Waals surface area contributed by atoms with E-state index in [9.17, 15) is 9.59 Å². The van der Waals surface area contributed by atoms with Gasteiger partial charge in [-0.05, 0) is 42.7 Å². The zero-order valence-corrected chi connectivity index (χ0v) is 19.7. The second-order valence-electron chi connectivity index (χ2n) is 7.77. The quantitative estimate of drug-likeness (QED) is 0.446. The predicted molar refractivity (Wildman–Crippen MR) is 128 cm³/mol. The third-order valence-electron chi connectivity index (χ3n) is 5.50. The third kappa shape index (κ3) is 6.58. The first-order chi connectivity index (χ1) is 16.1. The summed E-state index contributed by atoms with van der Waals surface area (Å²) in [5, 5.41) is 9.02. The van der Waals surface area contributed by atoms with Crippen molar-refractivity contribution in [3.8, 4) is 11.5 Å². The lowest BCUT2D eigenvalue weighted by Crippen LogP contribution is -2.51. The Labute approximate surface area is 202 Å². The number of aryl methyl sites for hydroxylation is 1. The fourth-order valence-electron chi connectivity index (χ4n) is 3.64. The maximum Gasteiger partial charge on any atom is 0.277 e. The van der Waals surface area contributed by atoms with E-state index in [1.807, 2.05) is 23.1 Å². The lowest BCUT2D eigenvalue weighted by atomic mass is 10.1. The summed E-state index contributed by atoms with van der Waals surface area (Å²) in [6.45, 7) is 2.23. The number of amides is 2. The Bertz CT molecular complexity index is 1070. The van der Waals surface area contributed by atoms with Gasteiger partial charge in [0.05, 0.1) is 5.75 Å². The molecule has 1 fully saturated rings. The minimum absolute atomic E-state index is 0.00224. The first kappa shape index (κ1) is 23.3. The molecule has 0 radical (unpaired) electrons. The van der Waals surface area contributed by atoms with Crippen LogP contribution in [0, 0.1) is 0 Å². The lowest BCUT2D eigenvalue weighted by Gasteiger charge is -2.34. The molecule has 0 N–H and O–H groups in total. The van der Waals surface area contributed by atoms with Crippen molar-refractivity contribution >= 4 is 35.2 Å². The molecule has 0 atom stereocenters. The normalized spacial score (nSPS) is 13.8. The molecule has 1 aromatic heterocycles. The number of thioether (sulfide) groups is 1. The minimum Gasteiger partial charge on any atom is -0.411 e. The predicted octanol–water partition coefficient (Wildman–Crippen LogP) is 4.18. The Kier molecular flexibility index (Phi) is 8.01. The van der Waals surface area contributed by atoms with Gasteiger partial charge in [-0.15, -0.1) is 10.2 Å². The summed E-state index contributed by atoms with van der Waals surface area (Å²) >= 11 is 7.12. The van der Waals surface area contributed by atoms with Gasteiger partial charge < -0.3 is 14.2 Å². The monoisotopic (exact) mass is 484 g/mol. The number of piperazine rings is 1. The molecular weight excluding hydrogens is 460 g/mol. The van der Waals surface area contributed by atoms with Crippen molar-refractivity contribution in [2.24, 2.45) is 0 Å². The Hall–Kier alpha value is -2.84. The number of aromatic nitrogens is 2. The molecule has 0 aliphatic carbocycles. The van der Waals surface area contributed by atoms with Crippen LogP contribution in [0.3, 0.4) is 0 Å². The number of halogens is 1. The van der Waals surface area contributed by atoms with Crippen molar-refractivity contribution in [1.29, 1.82) is 0 Å². The molecular formula is C24H25ClN4O3S. The van der Waals surface area contributed by atoms with E-state index in [2.05, 4.69) is 22.3 Å². The molecule has 0 saturated carbocycles. The maximum atomic E-state index is 12.6. The van der Waals surface area contributed by atoms with Gasteiger partial charge >= 0.3 is 0 Å². The summed E-state index contributed by atoms with van der Waals surface area (Å²) < 4.78 is 5.64. The zero-order valence-electron chi connectivity index (χ0n) is 18.2. The van der Waals surface area contributed by atoms with Gasteiger partial charge in [0, 0.05) is 43.2 Å². The zero-order chi connectivity index (χ0) is 23.0. The van der Waals surface area contributed by atoms with Crippen molar-refractivity contribution in [1.82, 2.24) is 20.0 Å². The molecule has 2 heterocycles. The van der Waals surface area contributed by atoms with E-state index in [1.54, 1.807) is 29.2 Å². The summed E-state index contributed by atoms with van der Waals surface area (Å²) in [4.78, 5) is 28.7. The van der Waals surface area contributed by atoms with Crippen molar-refractivity contribution in [2.45, 2.75) is 24.5 Å². The number of nitrogens with zero attached hydrogens (tertiary/aromatic N) is 4. The van der Waals surface area contributed by atoms with Gasteiger partial charge in [0.15, 0.2) is 0 Å². The molecule has 33 heavy (non-hydrogen) atoms. The molecule has 0 bridgehead atoms. The molecule has 1 saturated heterocycles. The second-order valence-corrected chi connectivity index (χ2v) is 9.13. The average molecular weight is 485 g/mol. The number of carbonyl (C=O) groups excluding carboxylic acids is 2. The summed E-state index contributed by atoms with van der Waals surface area (Å²) in [5.41, 5.74) is 2.02. The summed E-state index contributed by atoms with van der Waals surface area (Å²) in [6.07, 6.45) is 2.27. The van der Waals surface area contributed by atoms with Gasteiger partial charge in [-0.25, -0.2) is 0 Å². The van der Waals surface area contributed by atoms with Crippen molar-refractivity contribution in [2.75, 3.05) is 31.9 Å². The van der Waals surface area contributed by atoms with Crippen molar-refractivity contribution < 1.29 is 14.0 Å². The topological polar surface area (TPSA) is 79.5 Å². The lowest BCUT2D eigenvalue weighted by molar-refractivity contribution is -0.138. The van der Waals surface area contributed by atoms with E-state index < -0.39 is 0 Å². The van der Waals surface area contributed by atoms with Gasteiger partial charge in [0.2, 0.25) is 17.7 Å². The van der Waals surface area contributed by atoms with Crippen LogP contribution in [0.1, 0.15) is 18.4 Å². The molecule has 2 amide bonds. The SMILES string of the molecule is O=C(CCCc1ccccc1)N1CCN(C(=O)CSc2nnc(-c3ccc(Cl)cc3)o2)CC1. The van der Waals surface area contributed by atoms with Crippen LogP contribution in [-0.2, 0) is 16.0 Å². The Morgan fingerprint density at radius 2 is 1.58 bits per heavy atom. The second kappa shape index (κ2) is 11.3. The molecule has 4 rings (SSSR count). The molecule has 0 spiro atoms. The molecule has 9 heteroatoms. The molecule has 3 aromatic rings. The molecule has 1 aliphatic rings. The van der Waals surface area contributed by atoms with Crippen LogP contribution in [0.15, 0.2) is 64.2 Å². The standard InChI is InChI=1S/C24H25ClN4O3S/c25-20-11-9-19(10-12-20)23-26-27-24(32-23)33-17-22(31)29-15-13-28(14-16-29)21(30)8-4-7-18-5-2-1-3-6-18/h1-3,5-6,9-12H,4,7-8,13-17H2. The molecule has 0 unspecified atom stereocenters. The highest BCUT2D eigenvalue weighted by Crippen LogP contribution is 2.24. The first-order valence-electron chi connectivity index (χ1n) is 10.9. The summed E-state index contributed by atoms with van der Waals surface area (Å²) in [6, 6.07) is 17.3. The van der Waals surface area contributed by atoms with E-state index in [-0.39, 0.29) is 17.6 Å². The van der Waals surface area contributed by atoms with E-state index in [0.29, 0.717) is 48.7 Å². The van der Waals surface area contributed by atoms with Crippen molar-refractivity contribution in [3.63, 3.8) is 0 Å². The van der Waals surface area contributed by atoms with Crippen LogP contribution in [0.25, 0.3) is 11.5 Å². The van der Waals surface area contributed by atoms with E-state index >= 15 is 0 Å². The smallest absolute Gasteiger partial charge is 0.277 e. The number of hydrogen-bond acceptors (Lipinski definition) is 6. The summed E-state index contributed by atoms with van der Waals surface area (Å²) in [5.74, 6) is 0.768. The largest absolute Gasteiger partial charge is 0.411 e. The van der Waals surface area contributed by atoms with Gasteiger partial charge in [-0.3, -0.25) is 9.59 Å². The van der Waals surface area contributed by atoms with Crippen LogP contribution >= 0.6 is 23.4 Å². The highest BCUT2D eigenvalue weighted by atomic mass is 35.5. The molecule has 7 nitrogen and oxygen atoms in total. The minimum atomic E-state index is 0.00224. The Morgan fingerprint density at radius 1 is 0.909 bits per heavy atom. The Morgan fingerprint density at radius 3 is 2.27 bits per heavy atom. The van der Waals surface area contributed by atoms with Crippen LogP contribution in [0.2, 0.25) is 5.02 Å². The molecule has 1 aliphatic heterocycles. The first-order valence-corrected chi connectivity index (χ1v) is 12.3. The number of rotatable bonds is 8. The van der Waals surface area contributed by atoms with Crippen LogP contribution in [0.4, 0.5) is 0 Å². The average Bonchev–Trinajstić information content (AvgIpc) is 3.33. The highest BCUT2D eigenvalue weighted by molar-refractivity contribution is 7.99. The maximum absolute atomic E-state index is 12.6. The highest BCUT2D eigenvalue weighted by Gasteiger charge is 2.24. The van der Waals surface area contributed by atoms with Gasteiger partial charge in [0.25, 0.3) is 5.22 Å². The fourth-order valence-corrected chi connectivity index (χ4v) is 4.44. The van der Waals surface area contributed by atoms with Gasteiger partial charge in [0.1, 0.15) is 0 Å². The van der Waals surface area contributed by atoms with Gasteiger partial charge in [-0.2, -0.15) is 0 Å². The van der Waals surface area contributed by atoms with Gasteiger partial charge in [-0.1, -0.05) is 53.7 Å². The summed E-state index contributed by atoms with van der Waals surface area (Å²) in [7, 11) is 0. The van der Waals surface area contributed by atoms with Crippen LogP contribution in [0.5, 0.6) is 0 Å². The number of benzene rings is 2. The number of hydrogen-bond donors (Lipinski definition) is 0. The third-order valence-corrected chi connectivity index (χ3v) is 6.56. The van der Waals surface area contributed by atoms with Crippen molar-refractivity contribution in [3.05, 3.63) is 65.2 Å². The van der Waals surface area contributed by atoms with E-state index in [1.165, 1.54) is 17.3 Å². The van der Waals surface area contributed by atoms with Crippen LogP contribution < -0.4 is 0 Å². The molecule has 2 aromatic carbocycles. The fraction of sp³-hybridized carbons (Fsp3) is 0.333. The van der Waals surface area contributed by atoms with E-state index in [4.69, 9.17) is 16.0 Å². The molecule has 172 valence electrons. The Balaban J connectivity index is 1.17. The van der Waals surface area contributed by atoms with Crippen LogP contribution in [-0.4, -0.2) is 63.7 Å².